The molecule has 2 aromatic carbocycles. The number of likely N-dealkylation sites (tertiary alicyclic amines) is 1. The Labute approximate surface area is 268 Å². The molecule has 3 heterocycles. The molecular formula is C31H42F2N4O6V. The van der Waals surface area contributed by atoms with E-state index in [1.54, 1.807) is 17.9 Å². The molecule has 2 aliphatic heterocycles. The van der Waals surface area contributed by atoms with Crippen molar-refractivity contribution in [3.05, 3.63) is 53.9 Å². The van der Waals surface area contributed by atoms with Gasteiger partial charge in [0.2, 0.25) is 5.89 Å². The first-order valence-electron chi connectivity index (χ1n) is 14.2. The number of fused-ring (bicyclic) bond motifs is 1. The number of nitrogens with zero attached hydrogens (tertiary/aromatic N) is 2. The third kappa shape index (κ3) is 10.1. The monoisotopic (exact) mass is 655 g/mol. The molecule has 0 bridgehead atoms. The van der Waals surface area contributed by atoms with Crippen LogP contribution in [0.1, 0.15) is 66.2 Å². The zero-order chi connectivity index (χ0) is 32.0. The van der Waals surface area contributed by atoms with Gasteiger partial charge >= 0.3 is 12.1 Å². The van der Waals surface area contributed by atoms with Crippen molar-refractivity contribution in [2.24, 2.45) is 5.41 Å². The Hall–Kier alpha value is -3.35. The third-order valence-electron chi connectivity index (χ3n) is 7.60. The molecule has 2 fully saturated rings. The minimum atomic E-state index is -0.790. The molecule has 241 valence electrons. The van der Waals surface area contributed by atoms with E-state index in [0.717, 1.165) is 44.0 Å². The summed E-state index contributed by atoms with van der Waals surface area (Å²) >= 11 is 0. The van der Waals surface area contributed by atoms with Gasteiger partial charge in [0.05, 0.1) is 11.1 Å². The van der Waals surface area contributed by atoms with Gasteiger partial charge in [0, 0.05) is 49.2 Å². The summed E-state index contributed by atoms with van der Waals surface area (Å²) in [6.45, 7) is 12.2. The van der Waals surface area contributed by atoms with Crippen LogP contribution in [0.2, 0.25) is 0 Å². The second-order valence-corrected chi connectivity index (χ2v) is 12.5. The van der Waals surface area contributed by atoms with E-state index in [1.165, 1.54) is 18.2 Å². The Kier molecular flexibility index (Phi) is 12.6. The largest absolute Gasteiger partial charge is 0.506 e. The first-order valence-corrected chi connectivity index (χ1v) is 14.2. The molecule has 0 unspecified atom stereocenters. The maximum Gasteiger partial charge on any atom is 0.410 e. The van der Waals surface area contributed by atoms with Crippen LogP contribution in [0, 0.1) is 17.0 Å². The fraction of sp³-hybridized carbons (Fsp3) is 0.516. The molecule has 2 saturated heterocycles. The van der Waals surface area contributed by atoms with Crippen LogP contribution in [0.4, 0.5) is 19.3 Å². The summed E-state index contributed by atoms with van der Waals surface area (Å²) in [5.74, 6) is -0.851. The zero-order valence-corrected chi connectivity index (χ0v) is 27.2. The molecule has 1 radical (unpaired) electrons. The molecule has 5 rings (SSSR count). The van der Waals surface area contributed by atoms with Crippen molar-refractivity contribution in [2.45, 2.75) is 71.3 Å². The number of anilines is 1. The molecule has 44 heavy (non-hydrogen) atoms. The first-order chi connectivity index (χ1) is 20.0. The van der Waals surface area contributed by atoms with Crippen LogP contribution < -0.4 is 11.1 Å². The van der Waals surface area contributed by atoms with Crippen LogP contribution in [0.5, 0.6) is 5.75 Å². The maximum absolute atomic E-state index is 13.1. The number of carbonyl (C=O) groups is 2. The molecule has 13 heteroatoms. The number of carboxylic acid groups (broad SMARTS) is 1. The Balaban J connectivity index is 0.000000239. The van der Waals surface area contributed by atoms with Gasteiger partial charge in [-0.05, 0) is 90.7 Å². The van der Waals surface area contributed by atoms with Gasteiger partial charge in [0.1, 0.15) is 28.5 Å². The van der Waals surface area contributed by atoms with Crippen LogP contribution in [0.25, 0.3) is 11.1 Å². The van der Waals surface area contributed by atoms with E-state index in [4.69, 9.17) is 25.1 Å². The Morgan fingerprint density at radius 2 is 1.59 bits per heavy atom. The summed E-state index contributed by atoms with van der Waals surface area (Å²) < 4.78 is 36.3. The minimum Gasteiger partial charge on any atom is -0.506 e. The van der Waals surface area contributed by atoms with Crippen LogP contribution in [-0.4, -0.2) is 63.9 Å². The van der Waals surface area contributed by atoms with E-state index in [9.17, 15) is 18.4 Å². The van der Waals surface area contributed by atoms with Crippen molar-refractivity contribution in [1.29, 1.82) is 0 Å². The molecule has 0 aliphatic carbocycles. The van der Waals surface area contributed by atoms with Crippen molar-refractivity contribution in [2.75, 3.05) is 31.9 Å². The summed E-state index contributed by atoms with van der Waals surface area (Å²) in [7, 11) is 0. The number of nitrogens with two attached hydrogens (primary N) is 1. The molecule has 10 nitrogen and oxygen atoms in total. The van der Waals surface area contributed by atoms with Gasteiger partial charge in [-0.2, -0.15) is 0 Å². The number of benzene rings is 2. The fourth-order valence-corrected chi connectivity index (χ4v) is 4.60. The Morgan fingerprint density at radius 1 is 1.02 bits per heavy atom. The average molecular weight is 656 g/mol. The van der Waals surface area contributed by atoms with Crippen LogP contribution in [0.3, 0.4) is 0 Å². The normalized spacial score (nSPS) is 17.2. The van der Waals surface area contributed by atoms with E-state index in [2.05, 4.69) is 17.2 Å². The number of aliphatic carboxylic acids is 1. The van der Waals surface area contributed by atoms with Gasteiger partial charge in [0.15, 0.2) is 5.58 Å². The molecular weight excluding hydrogens is 613 g/mol. The summed E-state index contributed by atoms with van der Waals surface area (Å²) in [4.78, 5) is 28.8. The number of carbonyl (C=O) groups excluding carboxylic acids is 1. The number of oxazole rings is 1. The number of phenolic OH excluding ortho intramolecular Hbond substituents is 1. The van der Waals surface area contributed by atoms with Crippen LogP contribution >= 0.6 is 0 Å². The van der Waals surface area contributed by atoms with Crippen molar-refractivity contribution in [3.63, 3.8) is 0 Å². The maximum atomic E-state index is 13.1. The van der Waals surface area contributed by atoms with Crippen LogP contribution in [-0.2, 0) is 33.5 Å². The predicted octanol–water partition coefficient (Wildman–Crippen LogP) is 5.83. The average Bonchev–Trinajstić information content (AvgIpc) is 3.36. The number of phenols is 1. The molecule has 0 atom stereocenters. The molecule has 5 N–H and O–H groups in total. The number of nitrogens with one attached hydrogen (secondary N) is 1. The molecule has 1 aromatic heterocycles. The third-order valence-corrected chi connectivity index (χ3v) is 7.60. The van der Waals surface area contributed by atoms with Crippen molar-refractivity contribution in [3.8, 4) is 5.75 Å². The molecule has 2 aliphatic rings. The van der Waals surface area contributed by atoms with Gasteiger partial charge in [-0.25, -0.2) is 18.6 Å². The summed E-state index contributed by atoms with van der Waals surface area (Å²) in [5, 5.41) is 21.1. The summed E-state index contributed by atoms with van der Waals surface area (Å²) in [6.07, 6.45) is 2.60. The van der Waals surface area contributed by atoms with Gasteiger partial charge in [-0.3, -0.25) is 4.79 Å². The SMILES string of the molecule is CC(C)(C)OC(=O)N1CCC(C)(C(=O)O)CC1.CC1(c2nc3cc(F)ccc3o2)CCNCC1.Nc1cc(F)ccc1O.[V]. The number of nitrogen functional groups attached to an aromatic ring is 1. The molecule has 1 amide bonds. The summed E-state index contributed by atoms with van der Waals surface area (Å²) in [5.41, 5.74) is 5.23. The minimum absolute atomic E-state index is 0. The summed E-state index contributed by atoms with van der Waals surface area (Å²) in [6, 6.07) is 7.89. The predicted molar refractivity (Wildman–Crippen MR) is 159 cm³/mol. The van der Waals surface area contributed by atoms with Gasteiger partial charge in [0.25, 0.3) is 0 Å². The smallest absolute Gasteiger partial charge is 0.410 e. The van der Waals surface area contributed by atoms with E-state index in [1.807, 2.05) is 20.8 Å². The van der Waals surface area contributed by atoms with Crippen molar-refractivity contribution < 1.29 is 56.3 Å². The fourth-order valence-electron chi connectivity index (χ4n) is 4.60. The van der Waals surface area contributed by atoms with E-state index in [0.29, 0.717) is 37.0 Å². The van der Waals surface area contributed by atoms with Gasteiger partial charge in [-0.1, -0.05) is 6.92 Å². The van der Waals surface area contributed by atoms with Gasteiger partial charge in [-0.15, -0.1) is 0 Å². The number of hydrogen-bond acceptors (Lipinski definition) is 8. The van der Waals surface area contributed by atoms with E-state index in [-0.39, 0.29) is 47.3 Å². The number of amides is 1. The van der Waals surface area contributed by atoms with Crippen molar-refractivity contribution >= 4 is 28.8 Å². The Morgan fingerprint density at radius 3 is 2.11 bits per heavy atom. The van der Waals surface area contributed by atoms with Gasteiger partial charge < -0.3 is 35.3 Å². The number of rotatable bonds is 2. The second-order valence-electron chi connectivity index (χ2n) is 12.5. The number of ether oxygens (including phenoxy) is 1. The number of halogens is 2. The number of piperidine rings is 2. The second kappa shape index (κ2) is 15.1. The van der Waals surface area contributed by atoms with Crippen molar-refractivity contribution in [1.82, 2.24) is 15.2 Å². The van der Waals surface area contributed by atoms with E-state index >= 15 is 0 Å². The number of carboxylic acids is 1. The van der Waals surface area contributed by atoms with E-state index < -0.39 is 22.8 Å². The first kappa shape index (κ1) is 36.8. The standard InChI is InChI=1S/C13H15FN2O.C12H21NO4.C6H6FNO.V/c1-13(4-6-15-7-5-13)12-16-10-8-9(14)2-3-11(10)17-12;1-11(2,3)17-10(16)13-7-5-12(4,6-8-13)9(14)15;7-4-1-2-6(9)5(8)3-4;/h2-3,8,15H,4-7H2,1H3;5-8H2,1-4H3,(H,14,15);1-3,9H,8H2;. The zero-order valence-electron chi connectivity index (χ0n) is 25.8. The molecule has 0 spiro atoms. The topological polar surface area (TPSA) is 151 Å². The number of hydrogen-bond donors (Lipinski definition) is 4. The number of aromatic hydroxyl groups is 1. The quantitative estimate of drug-likeness (QED) is 0.198. The Bertz CT molecular complexity index is 1410. The molecule has 3 aromatic rings. The molecule has 0 saturated carbocycles. The van der Waals surface area contributed by atoms with Crippen LogP contribution in [0.15, 0.2) is 40.8 Å². The number of aromatic nitrogens is 1.